The molecule has 15 heavy (non-hydrogen) atoms. The first-order chi connectivity index (χ1) is 6.87. The van der Waals surface area contributed by atoms with Gasteiger partial charge in [0.1, 0.15) is 6.10 Å². The predicted octanol–water partition coefficient (Wildman–Crippen LogP) is -1.59. The summed E-state index contributed by atoms with van der Waals surface area (Å²) >= 11 is 0. The van der Waals surface area contributed by atoms with Gasteiger partial charge in [-0.2, -0.15) is 0 Å². The van der Waals surface area contributed by atoms with Gasteiger partial charge in [0.05, 0.1) is 19.1 Å². The lowest BCUT2D eigenvalue weighted by molar-refractivity contribution is -0.159. The molecule has 0 radical (unpaired) electrons. The number of hydrogen-bond donors (Lipinski definition) is 3. The van der Waals surface area contributed by atoms with E-state index in [2.05, 4.69) is 10.1 Å². The third-order valence-corrected chi connectivity index (χ3v) is 2.87. The number of nitrogens with one attached hydrogen (secondary N) is 1. The van der Waals surface area contributed by atoms with E-state index in [0.717, 1.165) is 7.11 Å². The van der Waals surface area contributed by atoms with Crippen molar-refractivity contribution in [1.29, 1.82) is 0 Å². The molecule has 0 aromatic heterocycles. The van der Waals surface area contributed by atoms with E-state index >= 15 is 0 Å². The van der Waals surface area contributed by atoms with Crippen LogP contribution in [0, 0.1) is 5.92 Å². The Balaban J connectivity index is 3.14. The minimum absolute atomic E-state index is 0.478. The van der Waals surface area contributed by atoms with E-state index in [1.165, 1.54) is 13.8 Å². The van der Waals surface area contributed by atoms with Crippen molar-refractivity contribution >= 4 is 11.9 Å². The summed E-state index contributed by atoms with van der Waals surface area (Å²) in [7, 11) is 1.13. The molecule has 1 fully saturated rings. The summed E-state index contributed by atoms with van der Waals surface area (Å²) in [5, 5.41) is 21.6. The minimum Gasteiger partial charge on any atom is -0.467 e. The summed E-state index contributed by atoms with van der Waals surface area (Å²) in [6, 6.07) is 0. The molecule has 1 saturated heterocycles. The lowest BCUT2D eigenvalue weighted by Crippen LogP contribution is -2.63. The molecule has 0 aliphatic carbocycles. The molecule has 3 N–H and O–H groups in total. The molecule has 1 heterocycles. The van der Waals surface area contributed by atoms with Crippen molar-refractivity contribution in [3.8, 4) is 0 Å². The van der Waals surface area contributed by atoms with E-state index in [4.69, 9.17) is 0 Å². The maximum absolute atomic E-state index is 11.5. The smallest absolute Gasteiger partial charge is 0.337 e. The first-order valence-corrected chi connectivity index (χ1v) is 4.64. The number of methoxy groups -OCH3 is 1. The van der Waals surface area contributed by atoms with Crippen molar-refractivity contribution in [2.75, 3.05) is 7.11 Å². The number of aliphatic hydroxyl groups excluding tert-OH is 2. The number of hydrogen-bond acceptors (Lipinski definition) is 5. The van der Waals surface area contributed by atoms with Crippen LogP contribution in [-0.4, -0.2) is 46.9 Å². The maximum atomic E-state index is 11.5. The van der Waals surface area contributed by atoms with Crippen molar-refractivity contribution in [3.05, 3.63) is 0 Å². The van der Waals surface area contributed by atoms with Crippen LogP contribution in [0.5, 0.6) is 0 Å². The van der Waals surface area contributed by atoms with Crippen LogP contribution < -0.4 is 5.32 Å². The van der Waals surface area contributed by atoms with E-state index in [-0.39, 0.29) is 0 Å². The molecule has 1 rings (SSSR count). The Morgan fingerprint density at radius 2 is 2.20 bits per heavy atom. The zero-order chi connectivity index (χ0) is 11.8. The minimum atomic E-state index is -1.74. The van der Waals surface area contributed by atoms with Crippen LogP contribution in [-0.2, 0) is 14.3 Å². The Kier molecular flexibility index (Phi) is 3.01. The molecular weight excluding hydrogens is 202 g/mol. The molecule has 0 bridgehead atoms. The first-order valence-electron chi connectivity index (χ1n) is 4.64. The van der Waals surface area contributed by atoms with E-state index in [9.17, 15) is 19.8 Å². The van der Waals surface area contributed by atoms with Crippen molar-refractivity contribution < 1.29 is 24.5 Å². The van der Waals surface area contributed by atoms with E-state index in [1.54, 1.807) is 0 Å². The highest BCUT2D eigenvalue weighted by molar-refractivity contribution is 5.94. The monoisotopic (exact) mass is 217 g/mol. The molecule has 6 heteroatoms. The molecule has 1 amide bonds. The summed E-state index contributed by atoms with van der Waals surface area (Å²) in [6.07, 6.45) is -2.52. The molecule has 1 aliphatic rings. The summed E-state index contributed by atoms with van der Waals surface area (Å²) in [4.78, 5) is 22.9. The number of carbonyl (C=O) groups excluding carboxylic acids is 2. The zero-order valence-corrected chi connectivity index (χ0v) is 8.85. The quantitative estimate of drug-likeness (QED) is 0.484. The number of esters is 1. The lowest BCUT2D eigenvalue weighted by Gasteiger charge is -2.32. The second-order valence-electron chi connectivity index (χ2n) is 3.76. The molecule has 0 aromatic carbocycles. The first kappa shape index (κ1) is 11.9. The molecule has 4 atom stereocenters. The van der Waals surface area contributed by atoms with Gasteiger partial charge in [0.15, 0.2) is 5.54 Å². The van der Waals surface area contributed by atoms with Gasteiger partial charge in [0.25, 0.3) is 0 Å². The highest BCUT2D eigenvalue weighted by Crippen LogP contribution is 2.30. The second-order valence-corrected chi connectivity index (χ2v) is 3.76. The fourth-order valence-corrected chi connectivity index (χ4v) is 1.79. The van der Waals surface area contributed by atoms with Gasteiger partial charge in [-0.15, -0.1) is 0 Å². The topological polar surface area (TPSA) is 95.9 Å². The summed E-state index contributed by atoms with van der Waals surface area (Å²) in [5.74, 6) is -2.07. The van der Waals surface area contributed by atoms with Crippen LogP contribution in [0.3, 0.4) is 0 Å². The molecule has 0 saturated carbocycles. The van der Waals surface area contributed by atoms with Crippen LogP contribution in [0.15, 0.2) is 0 Å². The van der Waals surface area contributed by atoms with Crippen LogP contribution in [0.1, 0.15) is 13.8 Å². The molecule has 0 spiro atoms. The van der Waals surface area contributed by atoms with Crippen molar-refractivity contribution in [1.82, 2.24) is 5.32 Å². The Morgan fingerprint density at radius 3 is 2.47 bits per heavy atom. The molecule has 6 nitrogen and oxygen atoms in total. The summed E-state index contributed by atoms with van der Waals surface area (Å²) in [6.45, 7) is 2.80. The SMILES string of the molecule is COC(=O)C1(C(C)O)NC(=O)[C@H](C)C1O. The Labute approximate surface area is 87.2 Å². The number of aliphatic hydroxyl groups is 2. The number of amides is 1. The van der Waals surface area contributed by atoms with Gasteiger partial charge in [0, 0.05) is 0 Å². The Bertz CT molecular complexity index is 290. The van der Waals surface area contributed by atoms with Gasteiger partial charge < -0.3 is 20.3 Å². The molecule has 86 valence electrons. The third-order valence-electron chi connectivity index (χ3n) is 2.87. The summed E-state index contributed by atoms with van der Waals surface area (Å²) < 4.78 is 4.49. The fourth-order valence-electron chi connectivity index (χ4n) is 1.79. The van der Waals surface area contributed by atoms with E-state index in [1.807, 2.05) is 0 Å². The average molecular weight is 217 g/mol. The number of ether oxygens (including phenoxy) is 1. The predicted molar refractivity (Wildman–Crippen MR) is 49.7 cm³/mol. The van der Waals surface area contributed by atoms with Crippen molar-refractivity contribution in [2.24, 2.45) is 5.92 Å². The zero-order valence-electron chi connectivity index (χ0n) is 8.85. The molecule has 1 aliphatic heterocycles. The molecular formula is C9H15NO5. The second kappa shape index (κ2) is 3.79. The fraction of sp³-hybridized carbons (Fsp3) is 0.778. The third kappa shape index (κ3) is 1.49. The van der Waals surface area contributed by atoms with E-state index < -0.39 is 35.5 Å². The average Bonchev–Trinajstić information content (AvgIpc) is 2.42. The van der Waals surface area contributed by atoms with Crippen molar-refractivity contribution in [2.45, 2.75) is 31.6 Å². The van der Waals surface area contributed by atoms with Gasteiger partial charge in [-0.25, -0.2) is 4.79 Å². The number of rotatable bonds is 2. The molecule has 3 unspecified atom stereocenters. The Morgan fingerprint density at radius 1 is 1.67 bits per heavy atom. The van der Waals surface area contributed by atoms with Crippen LogP contribution >= 0.6 is 0 Å². The standard InChI is InChI=1S/C9H15NO5/c1-4-6(12)9(5(2)11,8(14)15-3)10-7(4)13/h4-6,11-12H,1-3H3,(H,10,13)/t4-,5?,6?,9?/m1/s1. The largest absolute Gasteiger partial charge is 0.467 e. The Hall–Kier alpha value is -1.14. The van der Waals surface area contributed by atoms with Crippen molar-refractivity contribution in [3.63, 3.8) is 0 Å². The highest BCUT2D eigenvalue weighted by Gasteiger charge is 2.59. The van der Waals surface area contributed by atoms with E-state index in [0.29, 0.717) is 0 Å². The van der Waals surface area contributed by atoms with Gasteiger partial charge in [0.2, 0.25) is 5.91 Å². The van der Waals surface area contributed by atoms with Crippen LogP contribution in [0.2, 0.25) is 0 Å². The lowest BCUT2D eigenvalue weighted by atomic mass is 9.85. The van der Waals surface area contributed by atoms with Crippen LogP contribution in [0.25, 0.3) is 0 Å². The van der Waals surface area contributed by atoms with Gasteiger partial charge in [-0.05, 0) is 6.92 Å². The maximum Gasteiger partial charge on any atom is 0.337 e. The van der Waals surface area contributed by atoms with Gasteiger partial charge >= 0.3 is 5.97 Å². The summed E-state index contributed by atoms with van der Waals surface area (Å²) in [5.41, 5.74) is -1.74. The van der Waals surface area contributed by atoms with Crippen LogP contribution in [0.4, 0.5) is 0 Å². The normalized spacial score (nSPS) is 37.3. The molecule has 0 aromatic rings. The number of carbonyl (C=O) groups is 2. The van der Waals surface area contributed by atoms with Gasteiger partial charge in [-0.3, -0.25) is 4.79 Å². The van der Waals surface area contributed by atoms with Gasteiger partial charge in [-0.1, -0.05) is 6.92 Å². The highest BCUT2D eigenvalue weighted by atomic mass is 16.5.